The molecule has 0 atom stereocenters. The highest BCUT2D eigenvalue weighted by molar-refractivity contribution is 7.53. The molecule has 3 saturated heterocycles. The summed E-state index contributed by atoms with van der Waals surface area (Å²) in [5.41, 5.74) is 26.9. The molecule has 27 nitrogen and oxygen atoms in total. The van der Waals surface area contributed by atoms with Gasteiger partial charge in [0.05, 0.1) is 53.7 Å². The van der Waals surface area contributed by atoms with Crippen molar-refractivity contribution in [3.05, 3.63) is 183 Å². The Morgan fingerprint density at radius 2 is 0.664 bits per heavy atom. The number of rotatable bonds is 22. The fraction of sp³-hybridized carbons (Fsp3) is 0.420. The summed E-state index contributed by atoms with van der Waals surface area (Å²) < 4.78 is 48.0. The Morgan fingerprint density at radius 3 is 0.983 bits per heavy atom. The molecule has 116 heavy (non-hydrogen) atoms. The van der Waals surface area contributed by atoms with E-state index in [4.69, 9.17) is 55.8 Å². The molecule has 9 heterocycles. The van der Waals surface area contributed by atoms with E-state index in [2.05, 4.69) is 80.8 Å². The molecule has 3 aliphatic carbocycles. The van der Waals surface area contributed by atoms with E-state index in [0.717, 1.165) is 212 Å². The number of nitrogen functional groups attached to an aromatic ring is 3. The van der Waals surface area contributed by atoms with Crippen molar-refractivity contribution in [1.29, 1.82) is 0 Å². The lowest BCUT2D eigenvalue weighted by molar-refractivity contribution is 0.0725. The number of hydrogen-bond acceptors (Lipinski definition) is 24. The Morgan fingerprint density at radius 1 is 0.371 bits per heavy atom. The maximum absolute atomic E-state index is 12.9. The van der Waals surface area contributed by atoms with Gasteiger partial charge in [0.25, 0.3) is 0 Å². The van der Waals surface area contributed by atoms with Crippen LogP contribution in [0.15, 0.2) is 183 Å². The minimum atomic E-state index is -3.00. The summed E-state index contributed by atoms with van der Waals surface area (Å²) in [5, 5.41) is 21.2. The first-order valence-corrected chi connectivity index (χ1v) is 43.3. The molecule has 6 aromatic carbocycles. The highest BCUT2D eigenvalue weighted by Crippen LogP contribution is 2.48. The van der Waals surface area contributed by atoms with E-state index in [-0.39, 0.29) is 6.04 Å². The van der Waals surface area contributed by atoms with Gasteiger partial charge in [-0.1, -0.05) is 54.6 Å². The summed E-state index contributed by atoms with van der Waals surface area (Å²) >= 11 is 0. The second-order valence-electron chi connectivity index (χ2n) is 31.1. The maximum atomic E-state index is 12.9. The van der Waals surface area contributed by atoms with Crippen molar-refractivity contribution in [2.24, 2.45) is 0 Å². The van der Waals surface area contributed by atoms with Gasteiger partial charge in [0, 0.05) is 120 Å². The van der Waals surface area contributed by atoms with Crippen LogP contribution < -0.4 is 36.7 Å². The molecule has 18 rings (SSSR count). The van der Waals surface area contributed by atoms with Crippen molar-refractivity contribution >= 4 is 58.1 Å². The zero-order valence-corrected chi connectivity index (χ0v) is 67.7. The SMILES string of the molecule is CCOP(=O)(CCN1CCN(C2CCC(n3nc(-c4ccc(Oc5ccccc5)cc4)c4c(N)ncnc43)CC2)CC1)OCC.CN1CCN(C2CCC(n3nc(-c4ccc(Oc5ccccc5)cc4)c4c(N)ncnc43)CC2)CC1.Nc1ncnc2c1c(-c1ccc(Oc3ccccc3)cc1)nn2C1CCC(N2CCNCC2)CC1. The van der Waals surface area contributed by atoms with E-state index in [1.807, 2.05) is 178 Å². The Kier molecular flexibility index (Phi) is 25.6. The Hall–Kier alpha value is -10.3. The number of nitrogens with zero attached hydrogens (tertiary/aromatic N) is 17. The fourth-order valence-corrected chi connectivity index (χ4v) is 19.3. The van der Waals surface area contributed by atoms with Crippen LogP contribution in [0.5, 0.6) is 34.5 Å². The zero-order chi connectivity index (χ0) is 79.3. The number of piperazine rings is 3. The largest absolute Gasteiger partial charge is 0.457 e. The summed E-state index contributed by atoms with van der Waals surface area (Å²) in [7, 11) is -0.790. The van der Waals surface area contributed by atoms with Crippen molar-refractivity contribution in [3.63, 3.8) is 0 Å². The van der Waals surface area contributed by atoms with Gasteiger partial charge in [-0.05, 0) is 207 Å². The molecule has 6 aliphatic rings. The van der Waals surface area contributed by atoms with Crippen molar-refractivity contribution in [2.75, 3.05) is 129 Å². The van der Waals surface area contributed by atoms with Gasteiger partial charge in [-0.2, -0.15) is 15.3 Å². The summed E-state index contributed by atoms with van der Waals surface area (Å²) in [4.78, 5) is 39.5. The third-order valence-electron chi connectivity index (χ3n) is 23.9. The number of nitrogens with one attached hydrogen (secondary N) is 1. The van der Waals surface area contributed by atoms with Crippen LogP contribution in [0.4, 0.5) is 17.5 Å². The average Bonchev–Trinajstić information content (AvgIpc) is 1.62. The first-order chi connectivity index (χ1) is 56.9. The van der Waals surface area contributed by atoms with Gasteiger partial charge in [-0.25, -0.2) is 43.9 Å². The van der Waals surface area contributed by atoms with E-state index < -0.39 is 7.60 Å². The number of anilines is 3. The number of benzene rings is 6. The summed E-state index contributed by atoms with van der Waals surface area (Å²) in [6.07, 6.45) is 18.5. The Balaban J connectivity index is 0.000000132. The van der Waals surface area contributed by atoms with E-state index >= 15 is 0 Å². The first-order valence-electron chi connectivity index (χ1n) is 41.6. The van der Waals surface area contributed by atoms with Crippen LogP contribution in [0.3, 0.4) is 0 Å². The van der Waals surface area contributed by atoms with Gasteiger partial charge in [0.15, 0.2) is 16.9 Å². The molecular weight excluding hydrogens is 1480 g/mol. The molecule has 0 spiro atoms. The van der Waals surface area contributed by atoms with E-state index in [1.165, 1.54) is 58.2 Å². The second-order valence-corrected chi connectivity index (χ2v) is 33.3. The van der Waals surface area contributed by atoms with Crippen LogP contribution in [-0.2, 0) is 13.6 Å². The number of likely N-dealkylation sites (N-methyl/N-ethyl adjacent to an activating group) is 1. The molecule has 7 N–H and O–H groups in total. The molecule has 0 radical (unpaired) electrons. The summed E-state index contributed by atoms with van der Waals surface area (Å²) in [6, 6.07) is 56.0. The quantitative estimate of drug-likeness (QED) is 0.0458. The topological polar surface area (TPSA) is 300 Å². The molecule has 0 bridgehead atoms. The lowest BCUT2D eigenvalue weighted by Gasteiger charge is -2.42. The second kappa shape index (κ2) is 37.3. The predicted molar refractivity (Wildman–Crippen MR) is 456 cm³/mol. The average molecular weight is 1590 g/mol. The molecule has 6 fully saturated rings. The third-order valence-corrected chi connectivity index (χ3v) is 25.9. The van der Waals surface area contributed by atoms with Gasteiger partial charge in [0.1, 0.15) is 88.0 Å². The van der Waals surface area contributed by atoms with Crippen molar-refractivity contribution in [1.82, 2.24) is 89.1 Å². The Bertz CT molecular complexity index is 5180. The molecule has 28 heteroatoms. The maximum Gasteiger partial charge on any atom is 0.331 e. The van der Waals surface area contributed by atoms with Gasteiger partial charge < -0.3 is 55.6 Å². The number of nitrogens with two attached hydrogens (primary N) is 3. The summed E-state index contributed by atoms with van der Waals surface area (Å²) in [5.74, 6) is 6.10. The molecule has 0 amide bonds. The van der Waals surface area contributed by atoms with Crippen LogP contribution in [-0.4, -0.2) is 213 Å². The third kappa shape index (κ3) is 18.7. The number of para-hydroxylation sites is 3. The molecule has 6 aromatic heterocycles. The van der Waals surface area contributed by atoms with E-state index in [1.54, 1.807) is 12.7 Å². The number of hydrogen-bond donors (Lipinski definition) is 4. The molecule has 0 unspecified atom stereocenters. The normalized spacial score (nSPS) is 20.9. The molecular formula is C88H108N21O6P. The van der Waals surface area contributed by atoms with E-state index in [0.29, 0.717) is 67.0 Å². The monoisotopic (exact) mass is 1590 g/mol. The standard InChI is InChI=1S/C33H44N7O4P.C28H33N7O.C27H31N7O/c1-3-42-45(41,43-4-2)23-22-38-18-20-39(21-19-38)26-12-14-27(15-13-26)40-33-30(32(34)35-24-36-33)31(37-40)25-10-16-29(17-11-25)44-28-8-6-5-7-9-28;1-33-15-17-34(18-16-33)21-9-11-22(12-10-21)35-28-25(27(29)30-19-31-28)26(32-35)20-7-13-24(14-8-20)36-23-5-3-2-4-6-23;28-26-24-25(19-6-12-23(13-7-19)35-22-4-2-1-3-5-22)32-34(27(24)31-18-30-26)21-10-8-20(9-11-21)33-16-14-29-15-17-33/h5-11,16-17,24,26-27H,3-4,12-15,18-23H2,1-2H3,(H2,34,35,36);2-8,13-14,19,21-22H,9-12,15-18H2,1H3,(H2,29,30,31);1-7,12-13,18,20-21,29H,8-11,14-17H2,(H2,28,30,31). The smallest absolute Gasteiger partial charge is 0.331 e. The highest BCUT2D eigenvalue weighted by atomic mass is 31.2. The van der Waals surface area contributed by atoms with E-state index in [9.17, 15) is 4.57 Å². The Labute approximate surface area is 678 Å². The van der Waals surface area contributed by atoms with Gasteiger partial charge in [-0.15, -0.1) is 0 Å². The first kappa shape index (κ1) is 79.5. The number of aromatic nitrogens is 12. The molecule has 606 valence electrons. The number of ether oxygens (including phenoxy) is 3. The van der Waals surface area contributed by atoms with Gasteiger partial charge in [-0.3, -0.25) is 19.3 Å². The van der Waals surface area contributed by atoms with Gasteiger partial charge in [0.2, 0.25) is 0 Å². The van der Waals surface area contributed by atoms with Gasteiger partial charge >= 0.3 is 7.60 Å². The fourth-order valence-electron chi connectivity index (χ4n) is 17.7. The highest BCUT2D eigenvalue weighted by Gasteiger charge is 2.36. The van der Waals surface area contributed by atoms with Crippen molar-refractivity contribution < 1.29 is 27.8 Å². The minimum Gasteiger partial charge on any atom is -0.457 e. The minimum absolute atomic E-state index is 0.250. The van der Waals surface area contributed by atoms with Crippen molar-refractivity contribution in [2.45, 2.75) is 127 Å². The zero-order valence-electron chi connectivity index (χ0n) is 66.8. The van der Waals surface area contributed by atoms with Crippen LogP contribution in [0.1, 0.15) is 109 Å². The van der Waals surface area contributed by atoms with Crippen LogP contribution in [0.25, 0.3) is 66.9 Å². The van der Waals surface area contributed by atoms with Crippen LogP contribution >= 0.6 is 7.60 Å². The number of fused-ring (bicyclic) bond motifs is 3. The lowest BCUT2D eigenvalue weighted by atomic mass is 9.90. The molecule has 3 saturated carbocycles. The molecule has 3 aliphatic heterocycles. The summed E-state index contributed by atoms with van der Waals surface area (Å²) in [6.45, 7) is 18.4. The van der Waals surface area contributed by atoms with Crippen LogP contribution in [0.2, 0.25) is 0 Å². The van der Waals surface area contributed by atoms with Crippen LogP contribution in [0, 0.1) is 0 Å². The lowest BCUT2D eigenvalue weighted by Crippen LogP contribution is -2.51. The van der Waals surface area contributed by atoms with Crippen molar-refractivity contribution in [3.8, 4) is 68.3 Å². The molecule has 12 aromatic rings. The predicted octanol–water partition coefficient (Wildman–Crippen LogP) is 15.1.